The first-order chi connectivity index (χ1) is 20.1. The maximum Gasteiger partial charge on any atom is 0.435 e. The van der Waals surface area contributed by atoms with Gasteiger partial charge in [-0.25, -0.2) is 23.2 Å². The maximum atomic E-state index is 15.3. The number of esters is 1. The highest BCUT2D eigenvalue weighted by atomic mass is 19.1. The Labute approximate surface area is 248 Å². The van der Waals surface area contributed by atoms with Crippen LogP contribution < -0.4 is 4.74 Å². The normalized spacial score (nSPS) is 17.5. The van der Waals surface area contributed by atoms with Crippen LogP contribution in [-0.2, 0) is 14.2 Å². The van der Waals surface area contributed by atoms with Crippen molar-refractivity contribution in [2.24, 2.45) is 5.92 Å². The zero-order valence-corrected chi connectivity index (χ0v) is 25.4. The Hall–Kier alpha value is -4.22. The van der Waals surface area contributed by atoms with Crippen molar-refractivity contribution in [1.29, 1.82) is 0 Å². The van der Waals surface area contributed by atoms with Gasteiger partial charge in [0.15, 0.2) is 11.6 Å². The molecule has 0 radical (unpaired) electrons. The molecule has 232 valence electrons. The van der Waals surface area contributed by atoms with E-state index in [4.69, 9.17) is 18.9 Å². The lowest BCUT2D eigenvalue weighted by Crippen LogP contribution is -2.46. The minimum atomic E-state index is -0.805. The molecule has 43 heavy (non-hydrogen) atoms. The SMILES string of the molecule is COC(=O)c1cc([C@@H]2CCN(C(=O)OC(C)(C)C)C[C@H]2COc2cc3cnn(C(=O)OC(C)(C)C)c3cc2F)ccc1F. The fraction of sp³-hybridized carbons (Fsp3) is 0.484. The molecule has 4 rings (SSSR count). The molecule has 2 aromatic carbocycles. The van der Waals surface area contributed by atoms with Crippen LogP contribution in [0.3, 0.4) is 0 Å². The molecular formula is C31H37F2N3O7. The van der Waals surface area contributed by atoms with Crippen LogP contribution in [-0.4, -0.2) is 70.8 Å². The molecule has 3 aromatic rings. The molecular weight excluding hydrogens is 564 g/mol. The Morgan fingerprint density at radius 2 is 1.63 bits per heavy atom. The minimum absolute atomic E-state index is 0.0163. The molecule has 2 atom stereocenters. The van der Waals surface area contributed by atoms with Crippen LogP contribution in [0.5, 0.6) is 5.75 Å². The number of ether oxygens (including phenoxy) is 4. The lowest BCUT2D eigenvalue weighted by Gasteiger charge is -2.39. The summed E-state index contributed by atoms with van der Waals surface area (Å²) in [7, 11) is 1.17. The first kappa shape index (κ1) is 31.7. The fourth-order valence-electron chi connectivity index (χ4n) is 4.96. The molecule has 0 N–H and O–H groups in total. The lowest BCUT2D eigenvalue weighted by molar-refractivity contribution is 0.0110. The largest absolute Gasteiger partial charge is 0.490 e. The zero-order valence-electron chi connectivity index (χ0n) is 25.4. The zero-order chi connectivity index (χ0) is 31.7. The van der Waals surface area contributed by atoms with E-state index in [2.05, 4.69) is 5.10 Å². The van der Waals surface area contributed by atoms with E-state index in [1.54, 1.807) is 52.5 Å². The number of hydrogen-bond acceptors (Lipinski definition) is 8. The Kier molecular flexibility index (Phi) is 8.98. The number of aromatic nitrogens is 2. The quantitative estimate of drug-likeness (QED) is 0.248. The van der Waals surface area contributed by atoms with Crippen molar-refractivity contribution in [1.82, 2.24) is 14.7 Å². The predicted molar refractivity (Wildman–Crippen MR) is 153 cm³/mol. The summed E-state index contributed by atoms with van der Waals surface area (Å²) in [6.45, 7) is 11.0. The highest BCUT2D eigenvalue weighted by Crippen LogP contribution is 2.36. The van der Waals surface area contributed by atoms with E-state index in [9.17, 15) is 18.8 Å². The van der Waals surface area contributed by atoms with Crippen molar-refractivity contribution < 1.29 is 42.1 Å². The summed E-state index contributed by atoms with van der Waals surface area (Å²) < 4.78 is 52.3. The van der Waals surface area contributed by atoms with Crippen molar-refractivity contribution >= 4 is 29.1 Å². The van der Waals surface area contributed by atoms with Gasteiger partial charge in [0.2, 0.25) is 0 Å². The molecule has 0 unspecified atom stereocenters. The third-order valence-electron chi connectivity index (χ3n) is 6.85. The van der Waals surface area contributed by atoms with Crippen molar-refractivity contribution in [3.63, 3.8) is 0 Å². The fourth-order valence-corrected chi connectivity index (χ4v) is 4.96. The monoisotopic (exact) mass is 601 g/mol. The van der Waals surface area contributed by atoms with Gasteiger partial charge in [0.1, 0.15) is 17.0 Å². The second kappa shape index (κ2) is 12.2. The number of carbonyl (C=O) groups excluding carboxylic acids is 3. The van der Waals surface area contributed by atoms with Gasteiger partial charge in [0.25, 0.3) is 0 Å². The number of benzene rings is 2. The lowest BCUT2D eigenvalue weighted by atomic mass is 9.80. The molecule has 1 aromatic heterocycles. The van der Waals surface area contributed by atoms with E-state index < -0.39 is 41.0 Å². The van der Waals surface area contributed by atoms with Gasteiger partial charge >= 0.3 is 18.2 Å². The van der Waals surface area contributed by atoms with Crippen LogP contribution in [0.15, 0.2) is 36.5 Å². The molecule has 2 heterocycles. The summed E-state index contributed by atoms with van der Waals surface area (Å²) in [5, 5.41) is 4.51. The molecule has 1 fully saturated rings. The van der Waals surface area contributed by atoms with Crippen LogP contribution in [0.1, 0.15) is 69.8 Å². The minimum Gasteiger partial charge on any atom is -0.490 e. The van der Waals surface area contributed by atoms with Gasteiger partial charge in [-0.1, -0.05) is 6.07 Å². The number of methoxy groups -OCH3 is 1. The van der Waals surface area contributed by atoms with E-state index >= 15 is 4.39 Å². The van der Waals surface area contributed by atoms with Crippen molar-refractivity contribution in [2.75, 3.05) is 26.8 Å². The number of likely N-dealkylation sites (tertiary alicyclic amines) is 1. The number of carbonyl (C=O) groups is 3. The first-order valence-electron chi connectivity index (χ1n) is 14.0. The molecule has 1 aliphatic heterocycles. The number of nitrogens with zero attached hydrogens (tertiary/aromatic N) is 3. The van der Waals surface area contributed by atoms with Crippen LogP contribution in [0.4, 0.5) is 18.4 Å². The summed E-state index contributed by atoms with van der Waals surface area (Å²) in [4.78, 5) is 39.2. The van der Waals surface area contributed by atoms with Gasteiger partial charge in [-0.05, 0) is 77.6 Å². The average Bonchev–Trinajstić information content (AvgIpc) is 3.32. The Bertz CT molecular complexity index is 1520. The molecule has 0 bridgehead atoms. The molecule has 0 spiro atoms. The summed E-state index contributed by atoms with van der Waals surface area (Å²) in [6.07, 6.45) is 0.636. The van der Waals surface area contributed by atoms with Gasteiger partial charge < -0.3 is 23.8 Å². The number of halogens is 2. The summed E-state index contributed by atoms with van der Waals surface area (Å²) in [5.74, 6) is -2.94. The summed E-state index contributed by atoms with van der Waals surface area (Å²) in [5.41, 5.74) is -0.786. The highest BCUT2D eigenvalue weighted by Gasteiger charge is 2.36. The van der Waals surface area contributed by atoms with Gasteiger partial charge in [0.05, 0.1) is 31.0 Å². The second-order valence-electron chi connectivity index (χ2n) is 12.5. The predicted octanol–water partition coefficient (Wildman–Crippen LogP) is 6.30. The van der Waals surface area contributed by atoms with Crippen LogP contribution in [0, 0.1) is 17.6 Å². The number of fused-ring (bicyclic) bond motifs is 1. The van der Waals surface area contributed by atoms with Gasteiger partial charge in [-0.2, -0.15) is 9.78 Å². The third-order valence-corrected chi connectivity index (χ3v) is 6.85. The van der Waals surface area contributed by atoms with Crippen LogP contribution in [0.25, 0.3) is 10.9 Å². The smallest absolute Gasteiger partial charge is 0.435 e. The molecule has 10 nitrogen and oxygen atoms in total. The van der Waals surface area contributed by atoms with Crippen LogP contribution in [0.2, 0.25) is 0 Å². The van der Waals surface area contributed by atoms with Crippen molar-refractivity contribution in [3.05, 3.63) is 59.3 Å². The average molecular weight is 602 g/mol. The van der Waals surface area contributed by atoms with E-state index in [0.717, 1.165) is 10.7 Å². The van der Waals surface area contributed by atoms with E-state index in [1.807, 2.05) is 0 Å². The van der Waals surface area contributed by atoms with E-state index in [1.165, 1.54) is 31.5 Å². The highest BCUT2D eigenvalue weighted by molar-refractivity contribution is 5.90. The van der Waals surface area contributed by atoms with Crippen LogP contribution >= 0.6 is 0 Å². The van der Waals surface area contributed by atoms with Gasteiger partial charge in [0, 0.05) is 30.5 Å². The molecule has 12 heteroatoms. The number of rotatable bonds is 5. The van der Waals surface area contributed by atoms with Gasteiger partial charge in [-0.15, -0.1) is 0 Å². The van der Waals surface area contributed by atoms with Crippen molar-refractivity contribution in [3.8, 4) is 5.75 Å². The Morgan fingerprint density at radius 3 is 2.28 bits per heavy atom. The van der Waals surface area contributed by atoms with E-state index in [0.29, 0.717) is 23.9 Å². The molecule has 1 saturated heterocycles. The Balaban J connectivity index is 1.60. The van der Waals surface area contributed by atoms with Crippen molar-refractivity contribution in [2.45, 2.75) is 65.1 Å². The van der Waals surface area contributed by atoms with E-state index in [-0.39, 0.29) is 41.8 Å². The summed E-state index contributed by atoms with van der Waals surface area (Å²) in [6, 6.07) is 6.82. The maximum absolute atomic E-state index is 15.3. The number of piperidine rings is 1. The molecule has 0 saturated carbocycles. The second-order valence-corrected chi connectivity index (χ2v) is 12.5. The van der Waals surface area contributed by atoms with Gasteiger partial charge in [-0.3, -0.25) is 0 Å². The summed E-state index contributed by atoms with van der Waals surface area (Å²) >= 11 is 0. The third kappa shape index (κ3) is 7.60. The molecule has 1 aliphatic rings. The molecule has 0 aliphatic carbocycles. The first-order valence-corrected chi connectivity index (χ1v) is 14.0. The number of hydrogen-bond donors (Lipinski definition) is 0. The number of amides is 1. The standard InChI is InChI=1S/C31H37F2N3O7/c1-30(2,3)42-28(38)35-11-10-21(18-8-9-23(32)22(12-18)27(37)40-7)20(16-35)17-41-26-13-19-15-34-36(25(19)14-24(26)33)29(39)43-31(4,5)6/h8-9,12-15,20-21H,10-11,16-17H2,1-7H3/t20-,21-/m0/s1. The Morgan fingerprint density at radius 1 is 0.953 bits per heavy atom. The topological polar surface area (TPSA) is 109 Å². The molecule has 1 amide bonds.